The Morgan fingerprint density at radius 2 is 1.71 bits per heavy atom. The largest absolute Gasteiger partial charge is 0.359 e. The molecule has 0 N–H and O–H groups in total. The molecule has 4 nitrogen and oxygen atoms in total. The number of amides is 1. The molecule has 1 fully saturated rings. The van der Waals surface area contributed by atoms with Gasteiger partial charge >= 0.3 is 0 Å². The van der Waals surface area contributed by atoms with E-state index < -0.39 is 0 Å². The molecular formula is C24H29N3O. The van der Waals surface area contributed by atoms with Crippen molar-refractivity contribution in [2.45, 2.75) is 19.4 Å². The fraction of sp³-hybridized carbons (Fsp3) is 0.375. The number of hydrogen-bond donors (Lipinski definition) is 0. The van der Waals surface area contributed by atoms with Crippen molar-refractivity contribution >= 4 is 17.7 Å². The third kappa shape index (κ3) is 4.28. The van der Waals surface area contributed by atoms with Crippen LogP contribution in [-0.4, -0.2) is 61.0 Å². The summed E-state index contributed by atoms with van der Waals surface area (Å²) >= 11 is 0. The van der Waals surface area contributed by atoms with Crippen molar-refractivity contribution < 1.29 is 4.79 Å². The molecule has 146 valence electrons. The summed E-state index contributed by atoms with van der Waals surface area (Å²) in [5, 5.41) is 0. The smallest absolute Gasteiger partial charge is 0.242 e. The Bertz CT molecular complexity index is 825. The first-order chi connectivity index (χ1) is 13.7. The van der Waals surface area contributed by atoms with Gasteiger partial charge in [0.1, 0.15) is 0 Å². The lowest BCUT2D eigenvalue weighted by Gasteiger charge is -2.36. The second-order valence-electron chi connectivity index (χ2n) is 7.80. The van der Waals surface area contributed by atoms with Crippen molar-refractivity contribution in [2.24, 2.45) is 0 Å². The molecule has 1 atom stereocenters. The van der Waals surface area contributed by atoms with Crippen LogP contribution in [0.4, 0.5) is 5.69 Å². The van der Waals surface area contributed by atoms with Crippen LogP contribution in [0.5, 0.6) is 0 Å². The maximum Gasteiger partial charge on any atom is 0.242 e. The standard InChI is InChI=1S/C24H29N3O/c1-20-18-22-11-5-6-12-23(22)27(20)19-24(28)26-16-14-25(15-17-26)13-7-10-21-8-3-2-4-9-21/h2-12,20H,13-19H2,1H3/b10-7+. The number of para-hydroxylation sites is 1. The minimum atomic E-state index is 0.253. The zero-order valence-electron chi connectivity index (χ0n) is 16.6. The van der Waals surface area contributed by atoms with Crippen molar-refractivity contribution in [3.63, 3.8) is 0 Å². The Kier molecular flexibility index (Phi) is 5.77. The molecule has 2 heterocycles. The van der Waals surface area contributed by atoms with Crippen LogP contribution in [0.15, 0.2) is 60.7 Å². The molecule has 2 aliphatic rings. The van der Waals surface area contributed by atoms with E-state index in [0.717, 1.165) is 39.1 Å². The lowest BCUT2D eigenvalue weighted by atomic mass is 10.1. The lowest BCUT2D eigenvalue weighted by molar-refractivity contribution is -0.131. The first-order valence-electron chi connectivity index (χ1n) is 10.3. The summed E-state index contributed by atoms with van der Waals surface area (Å²) in [6.45, 7) is 7.17. The van der Waals surface area contributed by atoms with Gasteiger partial charge in [0.15, 0.2) is 0 Å². The van der Waals surface area contributed by atoms with Crippen molar-refractivity contribution in [1.29, 1.82) is 0 Å². The minimum absolute atomic E-state index is 0.253. The van der Waals surface area contributed by atoms with E-state index in [0.29, 0.717) is 12.6 Å². The van der Waals surface area contributed by atoms with Crippen molar-refractivity contribution in [3.05, 3.63) is 71.8 Å². The van der Waals surface area contributed by atoms with Gasteiger partial charge in [0.2, 0.25) is 5.91 Å². The second-order valence-corrected chi connectivity index (χ2v) is 7.80. The van der Waals surface area contributed by atoms with Gasteiger partial charge in [-0.25, -0.2) is 0 Å². The van der Waals surface area contributed by atoms with E-state index in [4.69, 9.17) is 0 Å². The highest BCUT2D eigenvalue weighted by atomic mass is 16.2. The molecule has 4 heteroatoms. The van der Waals surface area contributed by atoms with Gasteiger partial charge in [-0.15, -0.1) is 0 Å². The number of hydrogen-bond acceptors (Lipinski definition) is 3. The molecule has 2 aromatic rings. The van der Waals surface area contributed by atoms with Gasteiger partial charge in [0.05, 0.1) is 6.54 Å². The van der Waals surface area contributed by atoms with Crippen LogP contribution in [0, 0.1) is 0 Å². The summed E-state index contributed by atoms with van der Waals surface area (Å²) in [7, 11) is 0. The average molecular weight is 376 g/mol. The number of anilines is 1. The summed E-state index contributed by atoms with van der Waals surface area (Å²) in [4.78, 5) is 19.6. The van der Waals surface area contributed by atoms with Crippen molar-refractivity contribution in [2.75, 3.05) is 44.2 Å². The maximum atomic E-state index is 12.9. The molecule has 1 unspecified atom stereocenters. The Hall–Kier alpha value is -2.59. The molecule has 28 heavy (non-hydrogen) atoms. The fourth-order valence-corrected chi connectivity index (χ4v) is 4.20. The highest BCUT2D eigenvalue weighted by molar-refractivity contribution is 5.82. The SMILES string of the molecule is CC1Cc2ccccc2N1CC(=O)N1CCN(C/C=C/c2ccccc2)CC1. The topological polar surface area (TPSA) is 26.8 Å². The molecule has 0 bridgehead atoms. The van der Waals surface area contributed by atoms with Crippen molar-refractivity contribution in [1.82, 2.24) is 9.80 Å². The van der Waals surface area contributed by atoms with Gasteiger partial charge in [-0.05, 0) is 30.5 Å². The number of rotatable bonds is 5. The van der Waals surface area contributed by atoms with E-state index in [2.05, 4.69) is 77.4 Å². The van der Waals surface area contributed by atoms with E-state index in [1.807, 2.05) is 11.0 Å². The van der Waals surface area contributed by atoms with E-state index >= 15 is 0 Å². The second kappa shape index (κ2) is 8.61. The van der Waals surface area contributed by atoms with Crippen LogP contribution in [0.3, 0.4) is 0 Å². The molecule has 0 saturated carbocycles. The zero-order valence-corrected chi connectivity index (χ0v) is 16.6. The third-order valence-corrected chi connectivity index (χ3v) is 5.85. The van der Waals surface area contributed by atoms with Crippen molar-refractivity contribution in [3.8, 4) is 0 Å². The zero-order chi connectivity index (χ0) is 19.3. The van der Waals surface area contributed by atoms with E-state index in [9.17, 15) is 4.79 Å². The molecule has 0 aliphatic carbocycles. The van der Waals surface area contributed by atoms with Gasteiger partial charge in [-0.1, -0.05) is 60.7 Å². The number of carbonyl (C=O) groups excluding carboxylic acids is 1. The molecular weight excluding hydrogens is 346 g/mol. The van der Waals surface area contributed by atoms with Crippen LogP contribution in [0.1, 0.15) is 18.1 Å². The molecule has 1 amide bonds. The van der Waals surface area contributed by atoms with Crippen LogP contribution >= 0.6 is 0 Å². The minimum Gasteiger partial charge on any atom is -0.359 e. The molecule has 1 saturated heterocycles. The van der Waals surface area contributed by atoms with Gasteiger partial charge < -0.3 is 9.80 Å². The van der Waals surface area contributed by atoms with Gasteiger partial charge in [0.25, 0.3) is 0 Å². The maximum absolute atomic E-state index is 12.9. The fourth-order valence-electron chi connectivity index (χ4n) is 4.20. The normalized spacial score (nSPS) is 20.0. The van der Waals surface area contributed by atoms with Gasteiger partial charge in [0, 0.05) is 44.5 Å². The molecule has 0 aromatic heterocycles. The summed E-state index contributed by atoms with van der Waals surface area (Å²) in [5.74, 6) is 0.253. The first kappa shape index (κ1) is 18.8. The Balaban J connectivity index is 1.26. The van der Waals surface area contributed by atoms with E-state index in [-0.39, 0.29) is 5.91 Å². The number of piperazine rings is 1. The third-order valence-electron chi connectivity index (χ3n) is 5.85. The monoisotopic (exact) mass is 375 g/mol. The Morgan fingerprint density at radius 3 is 2.50 bits per heavy atom. The molecule has 0 radical (unpaired) electrons. The predicted octanol–water partition coefficient (Wildman–Crippen LogP) is 3.30. The Labute approximate surface area is 168 Å². The summed E-state index contributed by atoms with van der Waals surface area (Å²) in [5.41, 5.74) is 3.82. The highest BCUT2D eigenvalue weighted by Gasteiger charge is 2.29. The first-order valence-corrected chi connectivity index (χ1v) is 10.3. The summed E-state index contributed by atoms with van der Waals surface area (Å²) in [6.07, 6.45) is 5.42. The Morgan fingerprint density at radius 1 is 1.00 bits per heavy atom. The number of benzene rings is 2. The quantitative estimate of drug-likeness (QED) is 0.802. The van der Waals surface area contributed by atoms with E-state index in [1.54, 1.807) is 0 Å². The van der Waals surface area contributed by atoms with Gasteiger partial charge in [-0.2, -0.15) is 0 Å². The number of fused-ring (bicyclic) bond motifs is 1. The summed E-state index contributed by atoms with van der Waals surface area (Å²) in [6, 6.07) is 19.3. The molecule has 2 aromatic carbocycles. The van der Waals surface area contributed by atoms with Crippen LogP contribution in [0.2, 0.25) is 0 Å². The highest BCUT2D eigenvalue weighted by Crippen LogP contribution is 2.31. The molecule has 2 aliphatic heterocycles. The van der Waals surface area contributed by atoms with Crippen LogP contribution < -0.4 is 4.90 Å². The predicted molar refractivity (Wildman–Crippen MR) is 115 cm³/mol. The van der Waals surface area contributed by atoms with Crippen LogP contribution in [0.25, 0.3) is 6.08 Å². The number of carbonyl (C=O) groups is 1. The lowest BCUT2D eigenvalue weighted by Crippen LogP contribution is -2.51. The summed E-state index contributed by atoms with van der Waals surface area (Å²) < 4.78 is 0. The van der Waals surface area contributed by atoms with Gasteiger partial charge in [-0.3, -0.25) is 9.69 Å². The van der Waals surface area contributed by atoms with Crippen LogP contribution in [-0.2, 0) is 11.2 Å². The number of nitrogens with zero attached hydrogens (tertiary/aromatic N) is 3. The average Bonchev–Trinajstić information content (AvgIpc) is 3.04. The molecule has 4 rings (SSSR count). The van der Waals surface area contributed by atoms with E-state index in [1.165, 1.54) is 16.8 Å². The molecule has 0 spiro atoms.